The molecular weight excluding hydrogens is 330 g/mol. The number of hydrogen-bond acceptors (Lipinski definition) is 4. The molecule has 0 spiro atoms. The van der Waals surface area contributed by atoms with Crippen LogP contribution in [0.4, 0.5) is 5.69 Å². The number of carbonyl (C=O) groups is 2. The Labute approximate surface area is 145 Å². The van der Waals surface area contributed by atoms with Gasteiger partial charge in [-0.15, -0.1) is 0 Å². The van der Waals surface area contributed by atoms with Crippen molar-refractivity contribution < 1.29 is 19.1 Å². The summed E-state index contributed by atoms with van der Waals surface area (Å²) >= 11 is 5.76. The minimum Gasteiger partial charge on any atom is -0.482 e. The van der Waals surface area contributed by atoms with Gasteiger partial charge in [-0.05, 0) is 50.2 Å². The Balaban J connectivity index is 1.78. The van der Waals surface area contributed by atoms with Gasteiger partial charge in [0.2, 0.25) is 0 Å². The average Bonchev–Trinajstić information content (AvgIpc) is 2.56. The monoisotopic (exact) mass is 347 g/mol. The summed E-state index contributed by atoms with van der Waals surface area (Å²) in [6, 6.07) is 13.9. The van der Waals surface area contributed by atoms with Crippen LogP contribution in [0.1, 0.15) is 12.5 Å². The lowest BCUT2D eigenvalue weighted by molar-refractivity contribution is -0.155. The molecule has 0 bridgehead atoms. The third kappa shape index (κ3) is 5.59. The van der Waals surface area contributed by atoms with E-state index < -0.39 is 18.0 Å². The first-order valence-corrected chi connectivity index (χ1v) is 7.77. The topological polar surface area (TPSA) is 64.6 Å². The molecule has 1 N–H and O–H groups in total. The molecule has 2 rings (SSSR count). The van der Waals surface area contributed by atoms with Crippen molar-refractivity contribution in [3.63, 3.8) is 0 Å². The van der Waals surface area contributed by atoms with E-state index >= 15 is 0 Å². The number of anilines is 1. The zero-order valence-electron chi connectivity index (χ0n) is 13.4. The van der Waals surface area contributed by atoms with Crippen molar-refractivity contribution in [2.75, 3.05) is 11.9 Å². The second kappa shape index (κ2) is 8.36. The summed E-state index contributed by atoms with van der Waals surface area (Å²) in [5, 5.41) is 3.26. The lowest BCUT2D eigenvalue weighted by Gasteiger charge is -2.14. The van der Waals surface area contributed by atoms with Crippen molar-refractivity contribution in [3.05, 3.63) is 59.1 Å². The second-order valence-corrected chi connectivity index (χ2v) is 5.67. The van der Waals surface area contributed by atoms with Crippen LogP contribution in [0.15, 0.2) is 48.5 Å². The molecule has 2 aromatic rings. The molecule has 0 aliphatic carbocycles. The van der Waals surface area contributed by atoms with E-state index in [-0.39, 0.29) is 6.61 Å². The smallest absolute Gasteiger partial charge is 0.344 e. The first-order chi connectivity index (χ1) is 11.4. The van der Waals surface area contributed by atoms with E-state index in [1.165, 1.54) is 6.92 Å². The highest BCUT2D eigenvalue weighted by atomic mass is 35.5. The molecule has 0 aliphatic heterocycles. The minimum absolute atomic E-state index is 0.288. The summed E-state index contributed by atoms with van der Waals surface area (Å²) in [5.74, 6) is -0.539. The van der Waals surface area contributed by atoms with Crippen molar-refractivity contribution in [2.24, 2.45) is 0 Å². The molecule has 1 atom stereocenters. The van der Waals surface area contributed by atoms with Crippen LogP contribution in [0, 0.1) is 6.92 Å². The summed E-state index contributed by atoms with van der Waals surface area (Å²) in [6.07, 6.45) is -0.923. The Morgan fingerprint density at radius 2 is 1.71 bits per heavy atom. The van der Waals surface area contributed by atoms with Crippen LogP contribution in [-0.4, -0.2) is 24.6 Å². The lowest BCUT2D eigenvalue weighted by Crippen LogP contribution is -2.31. The first-order valence-electron chi connectivity index (χ1n) is 7.39. The number of esters is 1. The van der Waals surface area contributed by atoms with Gasteiger partial charge in [0.1, 0.15) is 5.75 Å². The Morgan fingerprint density at radius 3 is 2.33 bits per heavy atom. The molecule has 2 aromatic carbocycles. The molecule has 24 heavy (non-hydrogen) atoms. The van der Waals surface area contributed by atoms with E-state index in [1.807, 2.05) is 19.1 Å². The van der Waals surface area contributed by atoms with Gasteiger partial charge in [0.15, 0.2) is 12.7 Å². The molecule has 1 amide bonds. The van der Waals surface area contributed by atoms with E-state index in [0.29, 0.717) is 16.5 Å². The molecule has 0 fully saturated rings. The Kier molecular flexibility index (Phi) is 6.21. The zero-order valence-corrected chi connectivity index (χ0v) is 14.2. The van der Waals surface area contributed by atoms with Gasteiger partial charge in [0.25, 0.3) is 5.91 Å². The van der Waals surface area contributed by atoms with Crippen LogP contribution in [-0.2, 0) is 14.3 Å². The van der Waals surface area contributed by atoms with Crippen molar-refractivity contribution in [2.45, 2.75) is 20.0 Å². The van der Waals surface area contributed by atoms with Crippen LogP contribution in [0.3, 0.4) is 0 Å². The summed E-state index contributed by atoms with van der Waals surface area (Å²) < 4.78 is 10.3. The van der Waals surface area contributed by atoms with Crippen molar-refractivity contribution in [3.8, 4) is 5.75 Å². The number of nitrogens with one attached hydrogen (secondary N) is 1. The van der Waals surface area contributed by atoms with E-state index in [4.69, 9.17) is 21.1 Å². The molecule has 5 nitrogen and oxygen atoms in total. The van der Waals surface area contributed by atoms with Crippen molar-refractivity contribution in [1.29, 1.82) is 0 Å². The van der Waals surface area contributed by atoms with Crippen LogP contribution in [0.5, 0.6) is 5.75 Å². The SMILES string of the molecule is Cc1ccc(NC(=O)[C@H](C)OC(=O)COc2ccc(Cl)cc2)cc1. The van der Waals surface area contributed by atoms with Crippen LogP contribution < -0.4 is 10.1 Å². The van der Waals surface area contributed by atoms with Gasteiger partial charge >= 0.3 is 5.97 Å². The molecule has 0 unspecified atom stereocenters. The van der Waals surface area contributed by atoms with Gasteiger partial charge in [0, 0.05) is 10.7 Å². The largest absolute Gasteiger partial charge is 0.482 e. The van der Waals surface area contributed by atoms with Gasteiger partial charge in [-0.2, -0.15) is 0 Å². The van der Waals surface area contributed by atoms with Gasteiger partial charge in [-0.3, -0.25) is 4.79 Å². The molecule has 0 heterocycles. The molecule has 0 aliphatic rings. The number of hydrogen-bond donors (Lipinski definition) is 1. The average molecular weight is 348 g/mol. The van der Waals surface area contributed by atoms with Gasteiger partial charge in [-0.1, -0.05) is 29.3 Å². The highest BCUT2D eigenvalue weighted by Gasteiger charge is 2.18. The molecule has 0 aromatic heterocycles. The summed E-state index contributed by atoms with van der Waals surface area (Å²) in [6.45, 7) is 3.17. The quantitative estimate of drug-likeness (QED) is 0.811. The fraction of sp³-hybridized carbons (Fsp3) is 0.222. The number of carbonyl (C=O) groups excluding carboxylic acids is 2. The number of rotatable bonds is 6. The van der Waals surface area contributed by atoms with E-state index in [9.17, 15) is 9.59 Å². The molecule has 6 heteroatoms. The fourth-order valence-corrected chi connectivity index (χ4v) is 1.96. The fourth-order valence-electron chi connectivity index (χ4n) is 1.84. The standard InChI is InChI=1S/C18H18ClNO4/c1-12-3-7-15(8-4-12)20-18(22)13(2)24-17(21)11-23-16-9-5-14(19)6-10-16/h3-10,13H,11H2,1-2H3,(H,20,22)/t13-/m0/s1. The molecular formula is C18H18ClNO4. The van der Waals surface area contributed by atoms with Gasteiger partial charge in [0.05, 0.1) is 0 Å². The van der Waals surface area contributed by atoms with Gasteiger partial charge in [-0.25, -0.2) is 4.79 Å². The lowest BCUT2D eigenvalue weighted by atomic mass is 10.2. The number of benzene rings is 2. The number of ether oxygens (including phenoxy) is 2. The predicted octanol–water partition coefficient (Wildman–Crippen LogP) is 3.60. The van der Waals surface area contributed by atoms with Crippen molar-refractivity contribution >= 4 is 29.2 Å². The maximum Gasteiger partial charge on any atom is 0.344 e. The zero-order chi connectivity index (χ0) is 17.5. The van der Waals surface area contributed by atoms with E-state index in [2.05, 4.69) is 5.32 Å². The normalized spacial score (nSPS) is 11.5. The van der Waals surface area contributed by atoms with Crippen LogP contribution in [0.25, 0.3) is 0 Å². The Bertz CT molecular complexity index is 698. The maximum atomic E-state index is 12.0. The highest BCUT2D eigenvalue weighted by molar-refractivity contribution is 6.30. The maximum absolute atomic E-state index is 12.0. The number of aryl methyl sites for hydroxylation is 1. The predicted molar refractivity (Wildman–Crippen MR) is 92.3 cm³/mol. The summed E-state index contributed by atoms with van der Waals surface area (Å²) in [4.78, 5) is 23.7. The minimum atomic E-state index is -0.923. The summed E-state index contributed by atoms with van der Waals surface area (Å²) in [7, 11) is 0. The van der Waals surface area contributed by atoms with E-state index in [0.717, 1.165) is 5.56 Å². The van der Waals surface area contributed by atoms with E-state index in [1.54, 1.807) is 36.4 Å². The Morgan fingerprint density at radius 1 is 1.08 bits per heavy atom. The third-order valence-corrected chi connectivity index (χ3v) is 3.42. The second-order valence-electron chi connectivity index (χ2n) is 5.23. The van der Waals surface area contributed by atoms with Gasteiger partial charge < -0.3 is 14.8 Å². The third-order valence-electron chi connectivity index (χ3n) is 3.17. The van der Waals surface area contributed by atoms with Crippen molar-refractivity contribution in [1.82, 2.24) is 0 Å². The highest BCUT2D eigenvalue weighted by Crippen LogP contribution is 2.15. The Hall–Kier alpha value is -2.53. The molecule has 0 saturated carbocycles. The first kappa shape index (κ1) is 17.8. The number of halogens is 1. The molecule has 0 radical (unpaired) electrons. The molecule has 126 valence electrons. The number of amides is 1. The van der Waals surface area contributed by atoms with Crippen LogP contribution >= 0.6 is 11.6 Å². The van der Waals surface area contributed by atoms with Crippen LogP contribution in [0.2, 0.25) is 5.02 Å². The summed E-state index contributed by atoms with van der Waals surface area (Å²) in [5.41, 5.74) is 1.73. The molecule has 0 saturated heterocycles.